The van der Waals surface area contributed by atoms with Crippen molar-refractivity contribution >= 4 is 34.0 Å². The molecular formula is C21H24NO2S2+. The molecule has 26 heavy (non-hydrogen) atoms. The number of carbonyl (C=O) groups excluding carboxylic acids is 2. The van der Waals surface area contributed by atoms with E-state index in [0.29, 0.717) is 11.7 Å². The first-order valence-electron chi connectivity index (χ1n) is 9.24. The highest BCUT2D eigenvalue weighted by Gasteiger charge is 2.53. The first-order chi connectivity index (χ1) is 12.6. The number of benzene rings is 1. The average Bonchev–Trinajstić information content (AvgIpc) is 3.23. The standard InChI is InChI=1S/C21H24NO2S2/c23-18(19-7-4-14-25-19)15-22-11-8-21(9-12-22,10-13-22)20(24)26-16-17-5-2-1-3-6-17/h1-7,14H,8-13,15-16H2/q+1. The van der Waals surface area contributed by atoms with Crippen LogP contribution >= 0.6 is 23.1 Å². The molecule has 0 saturated carbocycles. The Bertz CT molecular complexity index is 761. The minimum Gasteiger partial charge on any atom is -0.317 e. The fraction of sp³-hybridized carbons (Fsp3) is 0.429. The van der Waals surface area contributed by atoms with Gasteiger partial charge in [0.25, 0.3) is 0 Å². The second kappa shape index (κ2) is 7.29. The van der Waals surface area contributed by atoms with Crippen molar-refractivity contribution in [2.45, 2.75) is 25.0 Å². The first-order valence-corrected chi connectivity index (χ1v) is 11.1. The zero-order valence-corrected chi connectivity index (χ0v) is 16.5. The topological polar surface area (TPSA) is 34.1 Å². The van der Waals surface area contributed by atoms with E-state index in [1.807, 2.05) is 35.7 Å². The van der Waals surface area contributed by atoms with Crippen molar-refractivity contribution < 1.29 is 14.1 Å². The van der Waals surface area contributed by atoms with Crippen LogP contribution in [0.3, 0.4) is 0 Å². The Kier molecular flexibility index (Phi) is 5.04. The van der Waals surface area contributed by atoms with E-state index >= 15 is 0 Å². The Hall–Kier alpha value is -1.43. The molecule has 0 N–H and O–H groups in total. The highest BCUT2D eigenvalue weighted by Crippen LogP contribution is 2.47. The minimum atomic E-state index is -0.147. The summed E-state index contributed by atoms with van der Waals surface area (Å²) in [6.07, 6.45) is 2.81. The number of thiophene rings is 1. The van der Waals surface area contributed by atoms with Crippen molar-refractivity contribution in [2.75, 3.05) is 26.2 Å². The number of fused-ring (bicyclic) bond motifs is 3. The summed E-state index contributed by atoms with van der Waals surface area (Å²) in [5, 5.41) is 2.33. The zero-order chi connectivity index (χ0) is 18.0. The molecule has 3 fully saturated rings. The predicted octanol–water partition coefficient (Wildman–Crippen LogP) is 4.39. The molecule has 4 heterocycles. The van der Waals surface area contributed by atoms with Crippen LogP contribution in [0.15, 0.2) is 47.8 Å². The zero-order valence-electron chi connectivity index (χ0n) is 14.9. The molecule has 5 rings (SSSR count). The van der Waals surface area contributed by atoms with Gasteiger partial charge in [0.05, 0.1) is 29.9 Å². The van der Waals surface area contributed by atoms with Gasteiger partial charge in [0.2, 0.25) is 5.78 Å². The number of hydrogen-bond donors (Lipinski definition) is 0. The highest BCUT2D eigenvalue weighted by atomic mass is 32.2. The summed E-state index contributed by atoms with van der Waals surface area (Å²) in [5.74, 6) is 1.03. The fourth-order valence-corrected chi connectivity index (χ4v) is 6.06. The molecule has 3 aliphatic heterocycles. The van der Waals surface area contributed by atoms with E-state index < -0.39 is 0 Å². The quantitative estimate of drug-likeness (QED) is 0.545. The van der Waals surface area contributed by atoms with Crippen molar-refractivity contribution in [3.05, 3.63) is 58.3 Å². The number of rotatable bonds is 6. The van der Waals surface area contributed by atoms with Crippen molar-refractivity contribution in [1.29, 1.82) is 0 Å². The van der Waals surface area contributed by atoms with Gasteiger partial charge in [-0.1, -0.05) is 48.2 Å². The number of thioether (sulfide) groups is 1. The molecule has 0 unspecified atom stereocenters. The van der Waals surface area contributed by atoms with Gasteiger partial charge in [-0.2, -0.15) is 0 Å². The monoisotopic (exact) mass is 386 g/mol. The van der Waals surface area contributed by atoms with Crippen LogP contribution in [-0.4, -0.2) is 41.6 Å². The highest BCUT2D eigenvalue weighted by molar-refractivity contribution is 8.13. The van der Waals surface area contributed by atoms with Gasteiger partial charge in [-0.25, -0.2) is 0 Å². The maximum Gasteiger partial charge on any atom is 0.226 e. The van der Waals surface area contributed by atoms with E-state index in [2.05, 4.69) is 12.1 Å². The van der Waals surface area contributed by atoms with Crippen LogP contribution < -0.4 is 0 Å². The van der Waals surface area contributed by atoms with Gasteiger partial charge in [0.15, 0.2) is 5.12 Å². The van der Waals surface area contributed by atoms with Crippen molar-refractivity contribution in [3.63, 3.8) is 0 Å². The van der Waals surface area contributed by atoms with Crippen LogP contribution in [0, 0.1) is 5.41 Å². The van der Waals surface area contributed by atoms with Crippen molar-refractivity contribution in [1.82, 2.24) is 0 Å². The Labute approximate surface area is 163 Å². The van der Waals surface area contributed by atoms with Gasteiger partial charge in [-0.15, -0.1) is 11.3 Å². The lowest BCUT2D eigenvalue weighted by Gasteiger charge is -2.53. The lowest BCUT2D eigenvalue weighted by Crippen LogP contribution is -2.64. The van der Waals surface area contributed by atoms with E-state index in [9.17, 15) is 9.59 Å². The first kappa shape index (κ1) is 18.0. The molecule has 0 radical (unpaired) electrons. The third-order valence-electron chi connectivity index (χ3n) is 6.11. The number of ketones is 1. The summed E-state index contributed by atoms with van der Waals surface area (Å²) in [6.45, 7) is 3.50. The predicted molar refractivity (Wildman–Crippen MR) is 107 cm³/mol. The van der Waals surface area contributed by atoms with E-state index in [1.165, 1.54) is 28.7 Å². The van der Waals surface area contributed by atoms with Crippen LogP contribution in [-0.2, 0) is 10.5 Å². The number of carbonyl (C=O) groups is 2. The second-order valence-corrected chi connectivity index (χ2v) is 9.56. The van der Waals surface area contributed by atoms with Crippen LogP contribution in [0.25, 0.3) is 0 Å². The van der Waals surface area contributed by atoms with Gasteiger partial charge >= 0.3 is 0 Å². The lowest BCUT2D eigenvalue weighted by molar-refractivity contribution is -0.936. The summed E-state index contributed by atoms with van der Waals surface area (Å²) < 4.78 is 0.884. The molecule has 3 aliphatic rings. The normalized spacial score (nSPS) is 27.4. The molecular weight excluding hydrogens is 362 g/mol. The van der Waals surface area contributed by atoms with Gasteiger partial charge in [0.1, 0.15) is 6.54 Å². The minimum absolute atomic E-state index is 0.147. The Balaban J connectivity index is 1.36. The SMILES string of the molecule is O=C(C[N+]12CCC(C(=O)SCc3ccccc3)(CC1)CC2)c1cccs1. The summed E-state index contributed by atoms with van der Waals surface area (Å²) in [4.78, 5) is 26.4. The largest absolute Gasteiger partial charge is 0.317 e. The molecule has 3 nitrogen and oxygen atoms in total. The Morgan fingerprint density at radius 3 is 2.31 bits per heavy atom. The summed E-state index contributed by atoms with van der Waals surface area (Å²) in [5.41, 5.74) is 1.06. The summed E-state index contributed by atoms with van der Waals surface area (Å²) in [6, 6.07) is 14.1. The number of hydrogen-bond acceptors (Lipinski definition) is 4. The molecule has 0 amide bonds. The van der Waals surface area contributed by atoms with Crippen molar-refractivity contribution in [3.8, 4) is 0 Å². The molecule has 1 aromatic heterocycles. The van der Waals surface area contributed by atoms with Crippen molar-refractivity contribution in [2.24, 2.45) is 5.41 Å². The van der Waals surface area contributed by atoms with Gasteiger partial charge < -0.3 is 4.48 Å². The van der Waals surface area contributed by atoms with E-state index in [4.69, 9.17) is 0 Å². The third-order valence-corrected chi connectivity index (χ3v) is 8.20. The number of Topliss-reactive ketones (excluding diaryl/α,β-unsaturated/α-hetero) is 1. The molecule has 0 aliphatic carbocycles. The molecule has 5 heteroatoms. The molecule has 2 aromatic rings. The molecule has 2 bridgehead atoms. The molecule has 136 valence electrons. The second-order valence-electron chi connectivity index (χ2n) is 7.66. The maximum atomic E-state index is 13.0. The van der Waals surface area contributed by atoms with Crippen LogP contribution in [0.4, 0.5) is 0 Å². The Morgan fingerprint density at radius 2 is 1.69 bits per heavy atom. The smallest absolute Gasteiger partial charge is 0.226 e. The summed E-state index contributed by atoms with van der Waals surface area (Å²) in [7, 11) is 0. The maximum absolute atomic E-state index is 13.0. The van der Waals surface area contributed by atoms with Gasteiger partial charge in [-0.05, 0) is 17.0 Å². The Morgan fingerprint density at radius 1 is 1.00 bits per heavy atom. The van der Waals surface area contributed by atoms with Crippen LogP contribution in [0.2, 0.25) is 0 Å². The number of quaternary nitrogens is 1. The number of piperidine rings is 3. The lowest BCUT2D eigenvalue weighted by atomic mass is 9.71. The van der Waals surface area contributed by atoms with Crippen LogP contribution in [0.1, 0.15) is 34.5 Å². The third kappa shape index (κ3) is 3.53. The van der Waals surface area contributed by atoms with Gasteiger partial charge in [0, 0.05) is 25.0 Å². The van der Waals surface area contributed by atoms with E-state index in [-0.39, 0.29) is 11.2 Å². The van der Waals surface area contributed by atoms with Crippen LogP contribution in [0.5, 0.6) is 0 Å². The molecule has 1 aromatic carbocycles. The fourth-order valence-electron chi connectivity index (χ4n) is 4.30. The number of nitrogens with zero attached hydrogens (tertiary/aromatic N) is 1. The molecule has 3 saturated heterocycles. The van der Waals surface area contributed by atoms with E-state index in [1.54, 1.807) is 0 Å². The summed E-state index contributed by atoms with van der Waals surface area (Å²) >= 11 is 3.02. The van der Waals surface area contributed by atoms with E-state index in [0.717, 1.165) is 54.0 Å². The molecule has 0 atom stereocenters. The molecule has 0 spiro atoms. The average molecular weight is 387 g/mol. The van der Waals surface area contributed by atoms with Gasteiger partial charge in [-0.3, -0.25) is 9.59 Å².